The van der Waals surface area contributed by atoms with Crippen LogP contribution in [0.4, 0.5) is 0 Å². The van der Waals surface area contributed by atoms with E-state index in [0.717, 1.165) is 5.75 Å². The monoisotopic (exact) mass is 316 g/mol. The third kappa shape index (κ3) is 4.99. The van der Waals surface area contributed by atoms with Crippen molar-refractivity contribution < 1.29 is 19.0 Å². The molecule has 0 radical (unpaired) electrons. The third-order valence-corrected chi connectivity index (χ3v) is 2.97. The predicted octanol–water partition coefficient (Wildman–Crippen LogP) is 1.19. The fraction of sp³-hybridized carbons (Fsp3) is 0.500. The molecule has 1 aliphatic heterocycles. The molecule has 6 nitrogen and oxygen atoms in total. The van der Waals surface area contributed by atoms with Crippen LogP contribution in [-0.4, -0.2) is 39.4 Å². The highest BCUT2D eigenvalue weighted by atomic mass is 35.5. The van der Waals surface area contributed by atoms with E-state index in [1.54, 1.807) is 6.07 Å². The van der Waals surface area contributed by atoms with Gasteiger partial charge in [0, 0.05) is 18.5 Å². The summed E-state index contributed by atoms with van der Waals surface area (Å²) in [6.45, 7) is 3.68. The van der Waals surface area contributed by atoms with Crippen molar-refractivity contribution in [2.45, 2.75) is 6.92 Å². The quantitative estimate of drug-likeness (QED) is 0.740. The van der Waals surface area contributed by atoms with Gasteiger partial charge in [0.15, 0.2) is 11.5 Å². The van der Waals surface area contributed by atoms with Gasteiger partial charge in [-0.1, -0.05) is 6.92 Å². The number of fused-ring (bicyclic) bond motifs is 1. The molecule has 1 unspecified atom stereocenters. The van der Waals surface area contributed by atoms with E-state index in [1.807, 2.05) is 26.1 Å². The number of nitrogens with one attached hydrogen (secondary N) is 2. The van der Waals surface area contributed by atoms with Crippen molar-refractivity contribution in [3.63, 3.8) is 0 Å². The Balaban J connectivity index is 0.00000220. The Morgan fingerprint density at radius 1 is 1.38 bits per heavy atom. The summed E-state index contributed by atoms with van der Waals surface area (Å²) in [5.74, 6) is 2.09. The van der Waals surface area contributed by atoms with E-state index in [4.69, 9.17) is 14.2 Å². The first-order valence-corrected chi connectivity index (χ1v) is 6.65. The molecule has 21 heavy (non-hydrogen) atoms. The van der Waals surface area contributed by atoms with E-state index in [1.165, 1.54) is 0 Å². The fourth-order valence-corrected chi connectivity index (χ4v) is 1.88. The Hall–Kier alpha value is -1.66. The molecule has 1 heterocycles. The lowest BCUT2D eigenvalue weighted by atomic mass is 10.1. The van der Waals surface area contributed by atoms with Crippen LogP contribution < -0.4 is 24.8 Å². The minimum atomic E-state index is -0.0504. The number of halogens is 1. The highest BCUT2D eigenvalue weighted by Gasteiger charge is 2.14. The summed E-state index contributed by atoms with van der Waals surface area (Å²) in [6, 6.07) is 5.41. The molecule has 1 aliphatic rings. The molecule has 0 aliphatic carbocycles. The average molecular weight is 317 g/mol. The Labute approximate surface area is 130 Å². The van der Waals surface area contributed by atoms with Crippen LogP contribution in [0.3, 0.4) is 0 Å². The molecule has 0 spiro atoms. The zero-order valence-corrected chi connectivity index (χ0v) is 13.0. The maximum Gasteiger partial charge on any atom is 0.231 e. The molecule has 0 fully saturated rings. The first-order valence-electron chi connectivity index (χ1n) is 6.65. The number of ether oxygens (including phenoxy) is 3. The second-order valence-electron chi connectivity index (χ2n) is 4.61. The van der Waals surface area contributed by atoms with E-state index < -0.39 is 0 Å². The van der Waals surface area contributed by atoms with Crippen molar-refractivity contribution in [1.29, 1.82) is 0 Å². The van der Waals surface area contributed by atoms with Crippen LogP contribution in [0.2, 0.25) is 0 Å². The highest BCUT2D eigenvalue weighted by molar-refractivity contribution is 5.85. The zero-order chi connectivity index (χ0) is 14.4. The van der Waals surface area contributed by atoms with E-state index in [-0.39, 0.29) is 31.0 Å². The molecule has 0 aromatic heterocycles. The smallest absolute Gasteiger partial charge is 0.231 e. The molecule has 1 aromatic carbocycles. The summed E-state index contributed by atoms with van der Waals surface area (Å²) in [7, 11) is 1.83. The second-order valence-corrected chi connectivity index (χ2v) is 4.61. The molecule has 0 saturated carbocycles. The molecule has 2 rings (SSSR count). The third-order valence-electron chi connectivity index (χ3n) is 2.97. The lowest BCUT2D eigenvalue weighted by Gasteiger charge is -2.12. The van der Waals surface area contributed by atoms with Gasteiger partial charge in [-0.15, -0.1) is 12.4 Å². The Kier molecular flexibility index (Phi) is 7.11. The van der Waals surface area contributed by atoms with Crippen LogP contribution >= 0.6 is 12.4 Å². The zero-order valence-electron chi connectivity index (χ0n) is 12.2. The number of amides is 1. The Bertz CT molecular complexity index is 470. The first-order chi connectivity index (χ1) is 9.70. The molecule has 118 valence electrons. The summed E-state index contributed by atoms with van der Waals surface area (Å²) in [6.07, 6.45) is 0. The molecule has 7 heteroatoms. The number of hydrogen-bond donors (Lipinski definition) is 2. The first kappa shape index (κ1) is 17.4. The standard InChI is InChI=1S/C14H20N2O4.ClH/c1-10(8-15-2)14(17)16-5-6-18-11-3-4-12-13(7-11)20-9-19-12;/h3-4,7,10,15H,5-6,8-9H2,1-2H3,(H,16,17);1H. The summed E-state index contributed by atoms with van der Waals surface area (Å²) < 4.78 is 16.0. The fourth-order valence-electron chi connectivity index (χ4n) is 1.88. The van der Waals surface area contributed by atoms with Gasteiger partial charge < -0.3 is 24.8 Å². The molecule has 1 amide bonds. The molecular weight excluding hydrogens is 296 g/mol. The van der Waals surface area contributed by atoms with E-state index in [2.05, 4.69) is 10.6 Å². The molecule has 2 N–H and O–H groups in total. The second kappa shape index (κ2) is 8.59. The van der Waals surface area contributed by atoms with Crippen molar-refractivity contribution in [2.24, 2.45) is 5.92 Å². The molecule has 0 saturated heterocycles. The maximum atomic E-state index is 11.7. The van der Waals surface area contributed by atoms with Crippen LogP contribution in [0.25, 0.3) is 0 Å². The number of carbonyl (C=O) groups excluding carboxylic acids is 1. The molecule has 1 atom stereocenters. The minimum absolute atomic E-state index is 0. The summed E-state index contributed by atoms with van der Waals surface area (Å²) in [4.78, 5) is 11.7. The SMILES string of the molecule is CNCC(C)C(=O)NCCOc1ccc2c(c1)OCO2.Cl. The topological polar surface area (TPSA) is 68.8 Å². The average Bonchev–Trinajstić information content (AvgIpc) is 2.91. The van der Waals surface area contributed by atoms with Gasteiger partial charge in [-0.25, -0.2) is 0 Å². The minimum Gasteiger partial charge on any atom is -0.492 e. The van der Waals surface area contributed by atoms with Crippen molar-refractivity contribution in [3.05, 3.63) is 18.2 Å². The molecule has 1 aromatic rings. The maximum absolute atomic E-state index is 11.7. The van der Waals surface area contributed by atoms with Gasteiger partial charge in [0.25, 0.3) is 0 Å². The van der Waals surface area contributed by atoms with Gasteiger partial charge in [-0.2, -0.15) is 0 Å². The van der Waals surface area contributed by atoms with E-state index in [9.17, 15) is 4.79 Å². The number of carbonyl (C=O) groups is 1. The number of benzene rings is 1. The van der Waals surface area contributed by atoms with Crippen molar-refractivity contribution >= 4 is 18.3 Å². The van der Waals surface area contributed by atoms with E-state index >= 15 is 0 Å². The lowest BCUT2D eigenvalue weighted by molar-refractivity contribution is -0.124. The Morgan fingerprint density at radius 3 is 2.90 bits per heavy atom. The van der Waals surface area contributed by atoms with Gasteiger partial charge in [-0.05, 0) is 19.2 Å². The van der Waals surface area contributed by atoms with Crippen molar-refractivity contribution in [2.75, 3.05) is 33.5 Å². The molecule has 0 bridgehead atoms. The van der Waals surface area contributed by atoms with Gasteiger partial charge >= 0.3 is 0 Å². The van der Waals surface area contributed by atoms with Crippen LogP contribution in [0.1, 0.15) is 6.92 Å². The van der Waals surface area contributed by atoms with Crippen LogP contribution in [0.5, 0.6) is 17.2 Å². The highest BCUT2D eigenvalue weighted by Crippen LogP contribution is 2.34. The number of rotatable bonds is 7. The van der Waals surface area contributed by atoms with Gasteiger partial charge in [0.1, 0.15) is 12.4 Å². The van der Waals surface area contributed by atoms with Gasteiger partial charge in [0.05, 0.1) is 6.54 Å². The summed E-state index contributed by atoms with van der Waals surface area (Å²) in [5, 5.41) is 5.80. The largest absolute Gasteiger partial charge is 0.492 e. The normalized spacial score (nSPS) is 13.2. The molecular formula is C14H21ClN2O4. The predicted molar refractivity (Wildman–Crippen MR) is 81.4 cm³/mol. The summed E-state index contributed by atoms with van der Waals surface area (Å²) in [5.41, 5.74) is 0. The van der Waals surface area contributed by atoms with E-state index in [0.29, 0.717) is 31.2 Å². The van der Waals surface area contributed by atoms with Gasteiger partial charge in [-0.3, -0.25) is 4.79 Å². The van der Waals surface area contributed by atoms with Crippen LogP contribution in [0, 0.1) is 5.92 Å². The Morgan fingerprint density at radius 2 is 2.14 bits per heavy atom. The van der Waals surface area contributed by atoms with Gasteiger partial charge in [0.2, 0.25) is 12.7 Å². The van der Waals surface area contributed by atoms with Crippen LogP contribution in [0.15, 0.2) is 18.2 Å². The number of hydrogen-bond acceptors (Lipinski definition) is 5. The van der Waals surface area contributed by atoms with Crippen molar-refractivity contribution in [1.82, 2.24) is 10.6 Å². The van der Waals surface area contributed by atoms with Crippen LogP contribution in [-0.2, 0) is 4.79 Å². The van der Waals surface area contributed by atoms with Crippen molar-refractivity contribution in [3.8, 4) is 17.2 Å². The summed E-state index contributed by atoms with van der Waals surface area (Å²) >= 11 is 0. The lowest BCUT2D eigenvalue weighted by Crippen LogP contribution is -2.36.